The number of carbonyl (C=O) groups excluding carboxylic acids is 2. The van der Waals surface area contributed by atoms with Gasteiger partial charge in [-0.1, -0.05) is 48.3 Å². The van der Waals surface area contributed by atoms with Crippen molar-refractivity contribution in [3.63, 3.8) is 0 Å². The summed E-state index contributed by atoms with van der Waals surface area (Å²) in [7, 11) is 1.59. The van der Waals surface area contributed by atoms with Crippen LogP contribution in [0.1, 0.15) is 18.1 Å². The summed E-state index contributed by atoms with van der Waals surface area (Å²) in [5, 5.41) is 0. The van der Waals surface area contributed by atoms with Crippen molar-refractivity contribution >= 4 is 52.3 Å². The van der Waals surface area contributed by atoms with Crippen molar-refractivity contribution in [2.75, 3.05) is 20.3 Å². The molecule has 8 heteroatoms. The molecule has 6 nitrogen and oxygen atoms in total. The van der Waals surface area contributed by atoms with Crippen molar-refractivity contribution in [2.24, 2.45) is 0 Å². The number of esters is 1. The highest BCUT2D eigenvalue weighted by atomic mass is 32.2. The lowest BCUT2D eigenvalue weighted by atomic mass is 10.2. The second-order valence-corrected chi connectivity index (χ2v) is 8.42. The number of thioether (sulfide) groups is 1. The molecule has 3 rings (SSSR count). The van der Waals surface area contributed by atoms with Crippen molar-refractivity contribution in [3.05, 3.63) is 77.2 Å². The van der Waals surface area contributed by atoms with E-state index in [4.69, 9.17) is 26.4 Å². The van der Waals surface area contributed by atoms with Gasteiger partial charge in [0, 0.05) is 12.6 Å². The number of carbonyl (C=O) groups is 2. The number of thiocarbonyl (C=S) groups is 1. The van der Waals surface area contributed by atoms with Crippen LogP contribution in [0.15, 0.2) is 66.1 Å². The van der Waals surface area contributed by atoms with E-state index < -0.39 is 5.97 Å². The largest absolute Gasteiger partial charge is 0.497 e. The zero-order valence-corrected chi connectivity index (χ0v) is 19.9. The highest BCUT2D eigenvalue weighted by Gasteiger charge is 2.31. The van der Waals surface area contributed by atoms with Gasteiger partial charge in [-0.05, 0) is 54.5 Å². The van der Waals surface area contributed by atoms with Crippen molar-refractivity contribution in [2.45, 2.75) is 6.92 Å². The maximum atomic E-state index is 12.5. The molecule has 1 aliphatic rings. The van der Waals surface area contributed by atoms with E-state index >= 15 is 0 Å². The van der Waals surface area contributed by atoms with E-state index in [1.807, 2.05) is 31.2 Å². The van der Waals surface area contributed by atoms with E-state index in [0.29, 0.717) is 28.1 Å². The van der Waals surface area contributed by atoms with Gasteiger partial charge in [-0.25, -0.2) is 4.79 Å². The van der Waals surface area contributed by atoms with E-state index in [9.17, 15) is 9.59 Å². The number of rotatable bonds is 9. The molecule has 1 amide bonds. The van der Waals surface area contributed by atoms with Crippen molar-refractivity contribution in [1.82, 2.24) is 4.90 Å². The lowest BCUT2D eigenvalue weighted by Crippen LogP contribution is -2.27. The third kappa shape index (κ3) is 6.34. The fourth-order valence-corrected chi connectivity index (χ4v) is 4.20. The molecule has 0 aliphatic carbocycles. The Bertz CT molecular complexity index is 1120. The molecule has 170 valence electrons. The zero-order chi connectivity index (χ0) is 23.8. The summed E-state index contributed by atoms with van der Waals surface area (Å²) in [6.45, 7) is 6.24. The summed E-state index contributed by atoms with van der Waals surface area (Å²) >= 11 is 6.50. The molecule has 1 fully saturated rings. The van der Waals surface area contributed by atoms with Crippen molar-refractivity contribution < 1.29 is 23.8 Å². The van der Waals surface area contributed by atoms with E-state index in [-0.39, 0.29) is 11.7 Å². The fourth-order valence-electron chi connectivity index (χ4n) is 2.93. The van der Waals surface area contributed by atoms with Crippen LogP contribution in [-0.2, 0) is 9.59 Å². The number of amides is 1. The molecule has 1 aliphatic heterocycles. The zero-order valence-electron chi connectivity index (χ0n) is 18.3. The molecule has 1 heterocycles. The molecule has 0 N–H and O–H groups in total. The molecule has 2 aromatic rings. The van der Waals surface area contributed by atoms with Crippen LogP contribution in [0.5, 0.6) is 17.2 Å². The number of nitrogens with zero attached hydrogens (tertiary/aromatic N) is 1. The van der Waals surface area contributed by atoms with Gasteiger partial charge in [0.15, 0.2) is 11.5 Å². The second-order valence-electron chi connectivity index (χ2n) is 6.75. The number of hydrogen-bond donors (Lipinski definition) is 0. The first-order chi connectivity index (χ1) is 15.9. The highest BCUT2D eigenvalue weighted by molar-refractivity contribution is 8.26. The molecule has 0 aromatic heterocycles. The van der Waals surface area contributed by atoms with E-state index in [1.54, 1.807) is 43.5 Å². The number of benzene rings is 2. The molecule has 0 unspecified atom stereocenters. The third-order valence-corrected chi connectivity index (χ3v) is 5.87. The topological polar surface area (TPSA) is 65.1 Å². The fraction of sp³-hybridized carbons (Fsp3) is 0.160. The van der Waals surface area contributed by atoms with Gasteiger partial charge in [-0.2, -0.15) is 0 Å². The number of hydrogen-bond acceptors (Lipinski definition) is 7. The summed E-state index contributed by atoms with van der Waals surface area (Å²) in [5.74, 6) is 0.725. The third-order valence-electron chi connectivity index (χ3n) is 4.49. The lowest BCUT2D eigenvalue weighted by molar-refractivity contribution is -0.129. The molecule has 0 radical (unpaired) electrons. The van der Waals surface area contributed by atoms with Crippen LogP contribution < -0.4 is 14.2 Å². The van der Waals surface area contributed by atoms with Gasteiger partial charge in [-0.15, -0.1) is 6.58 Å². The molecular weight excluding hydrogens is 458 g/mol. The first kappa shape index (κ1) is 24.3. The molecule has 0 bridgehead atoms. The minimum atomic E-state index is -0.537. The molecule has 33 heavy (non-hydrogen) atoms. The maximum Gasteiger partial charge on any atom is 0.336 e. The van der Waals surface area contributed by atoms with Gasteiger partial charge >= 0.3 is 5.97 Å². The molecule has 1 saturated heterocycles. The van der Waals surface area contributed by atoms with Gasteiger partial charge in [-0.3, -0.25) is 9.69 Å². The van der Waals surface area contributed by atoms with Crippen LogP contribution in [0.4, 0.5) is 0 Å². The van der Waals surface area contributed by atoms with Crippen molar-refractivity contribution in [3.8, 4) is 17.2 Å². The minimum Gasteiger partial charge on any atom is -0.497 e. The Morgan fingerprint density at radius 3 is 2.55 bits per heavy atom. The molecule has 2 aromatic carbocycles. The molecule has 0 saturated carbocycles. The van der Waals surface area contributed by atoms with Crippen LogP contribution in [0.2, 0.25) is 0 Å². The SMILES string of the molecule is C=CCN1C(=O)C(=Cc2ccc(OC(=O)C=Cc3ccc(OC)cc3)c(OCC)c2)SC1=S. The summed E-state index contributed by atoms with van der Waals surface area (Å²) in [6, 6.07) is 12.4. The Labute approximate surface area is 202 Å². The lowest BCUT2D eigenvalue weighted by Gasteiger charge is -2.11. The first-order valence-electron chi connectivity index (χ1n) is 10.1. The van der Waals surface area contributed by atoms with Crippen LogP contribution in [-0.4, -0.2) is 41.4 Å². The van der Waals surface area contributed by atoms with Crippen LogP contribution >= 0.6 is 24.0 Å². The summed E-state index contributed by atoms with van der Waals surface area (Å²) in [5.41, 5.74) is 1.56. The second kappa shape index (κ2) is 11.5. The Morgan fingerprint density at radius 2 is 1.88 bits per heavy atom. The normalized spacial score (nSPS) is 14.7. The standard InChI is InChI=1S/C25H23NO5S2/c1-4-14-26-24(28)22(33-25(26)32)16-18-8-12-20(21(15-18)30-5-2)31-23(27)13-9-17-6-10-19(29-3)11-7-17/h4,6-13,15-16H,1,5,14H2,2-3H3. The Hall–Kier alpha value is -3.36. The van der Waals surface area contributed by atoms with E-state index in [2.05, 4.69) is 6.58 Å². The average molecular weight is 482 g/mol. The minimum absolute atomic E-state index is 0.165. The van der Waals surface area contributed by atoms with Crippen LogP contribution in [0.25, 0.3) is 12.2 Å². The Kier molecular flexibility index (Phi) is 8.46. The maximum absolute atomic E-state index is 12.5. The van der Waals surface area contributed by atoms with Gasteiger partial charge in [0.25, 0.3) is 5.91 Å². The Morgan fingerprint density at radius 1 is 1.15 bits per heavy atom. The predicted molar refractivity (Wildman–Crippen MR) is 135 cm³/mol. The summed E-state index contributed by atoms with van der Waals surface area (Å²) in [6.07, 6.45) is 6.37. The van der Waals surface area contributed by atoms with E-state index in [0.717, 1.165) is 16.9 Å². The highest BCUT2D eigenvalue weighted by Crippen LogP contribution is 2.35. The summed E-state index contributed by atoms with van der Waals surface area (Å²) < 4.78 is 16.7. The van der Waals surface area contributed by atoms with Crippen molar-refractivity contribution in [1.29, 1.82) is 0 Å². The Balaban J connectivity index is 1.75. The monoisotopic (exact) mass is 481 g/mol. The smallest absolute Gasteiger partial charge is 0.336 e. The molecule has 0 atom stereocenters. The predicted octanol–water partition coefficient (Wildman–Crippen LogP) is 5.10. The first-order valence-corrected chi connectivity index (χ1v) is 11.3. The van der Waals surface area contributed by atoms with Gasteiger partial charge in [0.05, 0.1) is 18.6 Å². The van der Waals surface area contributed by atoms with Gasteiger partial charge in [0.2, 0.25) is 0 Å². The summed E-state index contributed by atoms with van der Waals surface area (Å²) in [4.78, 5) is 26.9. The van der Waals surface area contributed by atoms with E-state index in [1.165, 1.54) is 22.7 Å². The van der Waals surface area contributed by atoms with Gasteiger partial charge < -0.3 is 14.2 Å². The number of ether oxygens (including phenoxy) is 3. The average Bonchev–Trinajstić information content (AvgIpc) is 3.07. The molecule has 0 spiro atoms. The molecular formula is C25H23NO5S2. The van der Waals surface area contributed by atoms with Crippen LogP contribution in [0, 0.1) is 0 Å². The quantitative estimate of drug-likeness (QED) is 0.162. The van der Waals surface area contributed by atoms with Crippen LogP contribution in [0.3, 0.4) is 0 Å². The van der Waals surface area contributed by atoms with Gasteiger partial charge in [0.1, 0.15) is 10.1 Å². The number of methoxy groups -OCH3 is 1.